The average Bonchev–Trinajstić information content (AvgIpc) is 2.52. The van der Waals surface area contributed by atoms with Crippen LogP contribution in [0.1, 0.15) is 53.4 Å². The molecule has 0 aromatic heterocycles. The largest absolute Gasteiger partial charge is 0.379 e. The van der Waals surface area contributed by atoms with Crippen molar-refractivity contribution in [3.8, 4) is 0 Å². The Labute approximate surface area is 143 Å². The molecule has 0 atom stereocenters. The van der Waals surface area contributed by atoms with E-state index in [2.05, 4.69) is 48.2 Å². The molecule has 0 aromatic rings. The summed E-state index contributed by atoms with van der Waals surface area (Å²) in [6, 6.07) is 0. The number of likely N-dealkylation sites (tertiary alicyclic amines) is 1. The molecule has 0 saturated carbocycles. The molecule has 5 heteroatoms. The molecule has 0 spiro atoms. The molecule has 2 N–H and O–H groups in total. The van der Waals surface area contributed by atoms with Crippen LogP contribution >= 0.6 is 0 Å². The summed E-state index contributed by atoms with van der Waals surface area (Å²) in [6.45, 7) is 15.8. The molecule has 0 radical (unpaired) electrons. The lowest BCUT2D eigenvalue weighted by atomic mass is 9.99. The van der Waals surface area contributed by atoms with Crippen LogP contribution < -0.4 is 10.6 Å². The van der Waals surface area contributed by atoms with Crippen LogP contribution in [0.15, 0.2) is 4.99 Å². The van der Waals surface area contributed by atoms with Gasteiger partial charge in [0.1, 0.15) is 0 Å². The van der Waals surface area contributed by atoms with Gasteiger partial charge in [0.2, 0.25) is 0 Å². The molecule has 0 aliphatic carbocycles. The van der Waals surface area contributed by atoms with Crippen molar-refractivity contribution in [3.63, 3.8) is 0 Å². The second-order valence-corrected chi connectivity index (χ2v) is 6.84. The van der Waals surface area contributed by atoms with E-state index in [0.29, 0.717) is 6.10 Å². The molecule has 23 heavy (non-hydrogen) atoms. The lowest BCUT2D eigenvalue weighted by Gasteiger charge is -2.30. The highest BCUT2D eigenvalue weighted by Crippen LogP contribution is 2.15. The first-order valence-corrected chi connectivity index (χ1v) is 9.48. The van der Waals surface area contributed by atoms with Crippen molar-refractivity contribution in [1.82, 2.24) is 15.5 Å². The Bertz CT molecular complexity index is 312. The fraction of sp³-hybridized carbons (Fsp3) is 0.944. The van der Waals surface area contributed by atoms with Crippen LogP contribution in [0.2, 0.25) is 0 Å². The number of hydrogen-bond acceptors (Lipinski definition) is 3. The summed E-state index contributed by atoms with van der Waals surface area (Å²) >= 11 is 0. The average molecular weight is 327 g/mol. The second kappa shape index (κ2) is 12.6. The van der Waals surface area contributed by atoms with Gasteiger partial charge in [0.25, 0.3) is 0 Å². The number of piperidine rings is 1. The Morgan fingerprint density at radius 2 is 1.96 bits per heavy atom. The van der Waals surface area contributed by atoms with Crippen molar-refractivity contribution >= 4 is 5.96 Å². The van der Waals surface area contributed by atoms with Crippen LogP contribution in [0.3, 0.4) is 0 Å². The zero-order chi connectivity index (χ0) is 16.9. The summed E-state index contributed by atoms with van der Waals surface area (Å²) in [5, 5.41) is 6.75. The first-order valence-electron chi connectivity index (χ1n) is 9.48. The maximum absolute atomic E-state index is 5.54. The summed E-state index contributed by atoms with van der Waals surface area (Å²) in [6.07, 6.45) is 5.17. The van der Waals surface area contributed by atoms with Gasteiger partial charge < -0.3 is 20.3 Å². The van der Waals surface area contributed by atoms with E-state index >= 15 is 0 Å². The molecular formula is C18H38N4O. The molecule has 136 valence electrons. The molecule has 1 aliphatic rings. The van der Waals surface area contributed by atoms with Crippen molar-refractivity contribution in [1.29, 1.82) is 0 Å². The third kappa shape index (κ3) is 10.6. The van der Waals surface area contributed by atoms with Crippen molar-refractivity contribution in [2.24, 2.45) is 10.9 Å². The van der Waals surface area contributed by atoms with E-state index in [1.165, 1.54) is 38.9 Å². The Morgan fingerprint density at radius 3 is 2.61 bits per heavy atom. The molecule has 0 bridgehead atoms. The van der Waals surface area contributed by atoms with E-state index in [0.717, 1.165) is 44.5 Å². The Kier molecular flexibility index (Phi) is 11.1. The molecule has 1 rings (SSSR count). The van der Waals surface area contributed by atoms with Crippen molar-refractivity contribution < 1.29 is 4.74 Å². The zero-order valence-corrected chi connectivity index (χ0v) is 15.7. The molecule has 1 heterocycles. The van der Waals surface area contributed by atoms with Crippen LogP contribution in [0.4, 0.5) is 0 Å². The lowest BCUT2D eigenvalue weighted by molar-refractivity contribution is 0.0782. The van der Waals surface area contributed by atoms with Gasteiger partial charge in [-0.05, 0) is 72.0 Å². The normalized spacial score (nSPS) is 17.7. The van der Waals surface area contributed by atoms with Gasteiger partial charge in [-0.1, -0.05) is 6.92 Å². The minimum atomic E-state index is 0.308. The van der Waals surface area contributed by atoms with Gasteiger partial charge in [-0.3, -0.25) is 4.99 Å². The smallest absolute Gasteiger partial charge is 0.191 e. The summed E-state index contributed by atoms with van der Waals surface area (Å²) in [5.41, 5.74) is 0. The number of aliphatic imine (C=N–C) groups is 1. The molecule has 1 fully saturated rings. The quantitative estimate of drug-likeness (QED) is 0.368. The standard InChI is InChI=1S/C18H38N4O/c1-5-19-18(21-11-7-15-23-16(2)3)20-10-6-12-22-13-8-17(4)9-14-22/h16-17H,5-15H2,1-4H3,(H2,19,20,21). The SMILES string of the molecule is CCNC(=NCCCOC(C)C)NCCCN1CCC(C)CC1. The maximum atomic E-state index is 5.54. The first-order chi connectivity index (χ1) is 11.1. The van der Waals surface area contributed by atoms with Crippen LogP contribution in [-0.4, -0.2) is 62.8 Å². The molecule has 0 amide bonds. The number of guanidine groups is 1. The Morgan fingerprint density at radius 1 is 1.22 bits per heavy atom. The van der Waals surface area contributed by atoms with Crippen LogP contribution in [-0.2, 0) is 4.74 Å². The highest BCUT2D eigenvalue weighted by molar-refractivity contribution is 5.79. The van der Waals surface area contributed by atoms with Gasteiger partial charge in [-0.15, -0.1) is 0 Å². The van der Waals surface area contributed by atoms with E-state index < -0.39 is 0 Å². The fourth-order valence-electron chi connectivity index (χ4n) is 2.71. The summed E-state index contributed by atoms with van der Waals surface area (Å²) < 4.78 is 5.54. The van der Waals surface area contributed by atoms with Gasteiger partial charge in [-0.2, -0.15) is 0 Å². The second-order valence-electron chi connectivity index (χ2n) is 6.84. The van der Waals surface area contributed by atoms with Crippen molar-refractivity contribution in [2.45, 2.75) is 59.5 Å². The van der Waals surface area contributed by atoms with Crippen molar-refractivity contribution in [2.75, 3.05) is 45.9 Å². The molecule has 1 saturated heterocycles. The minimum absolute atomic E-state index is 0.308. The fourth-order valence-corrected chi connectivity index (χ4v) is 2.71. The van der Waals surface area contributed by atoms with E-state index in [9.17, 15) is 0 Å². The molecule has 1 aliphatic heterocycles. The van der Waals surface area contributed by atoms with Gasteiger partial charge in [0.05, 0.1) is 6.10 Å². The maximum Gasteiger partial charge on any atom is 0.191 e. The topological polar surface area (TPSA) is 48.9 Å². The molecular weight excluding hydrogens is 288 g/mol. The lowest BCUT2D eigenvalue weighted by Crippen LogP contribution is -2.39. The number of nitrogens with one attached hydrogen (secondary N) is 2. The van der Waals surface area contributed by atoms with E-state index in [4.69, 9.17) is 4.74 Å². The number of rotatable bonds is 10. The van der Waals surface area contributed by atoms with E-state index in [-0.39, 0.29) is 0 Å². The third-order valence-corrected chi connectivity index (χ3v) is 4.19. The number of hydrogen-bond donors (Lipinski definition) is 2. The molecule has 5 nitrogen and oxygen atoms in total. The number of nitrogens with zero attached hydrogens (tertiary/aromatic N) is 2. The third-order valence-electron chi connectivity index (χ3n) is 4.19. The molecule has 0 unspecified atom stereocenters. The Hall–Kier alpha value is -0.810. The van der Waals surface area contributed by atoms with Gasteiger partial charge in [-0.25, -0.2) is 0 Å². The molecule has 0 aromatic carbocycles. The van der Waals surface area contributed by atoms with Crippen LogP contribution in [0.25, 0.3) is 0 Å². The van der Waals surface area contributed by atoms with Crippen LogP contribution in [0.5, 0.6) is 0 Å². The Balaban J connectivity index is 2.11. The summed E-state index contributed by atoms with van der Waals surface area (Å²) in [4.78, 5) is 7.20. The highest BCUT2D eigenvalue weighted by atomic mass is 16.5. The van der Waals surface area contributed by atoms with E-state index in [1.807, 2.05) is 0 Å². The predicted molar refractivity (Wildman–Crippen MR) is 99.1 cm³/mol. The predicted octanol–water partition coefficient (Wildman–Crippen LogP) is 2.48. The highest BCUT2D eigenvalue weighted by Gasteiger charge is 2.14. The zero-order valence-electron chi connectivity index (χ0n) is 15.7. The summed E-state index contributed by atoms with van der Waals surface area (Å²) in [5.74, 6) is 1.85. The summed E-state index contributed by atoms with van der Waals surface area (Å²) in [7, 11) is 0. The number of ether oxygens (including phenoxy) is 1. The first kappa shape index (κ1) is 20.2. The van der Waals surface area contributed by atoms with Crippen molar-refractivity contribution in [3.05, 3.63) is 0 Å². The van der Waals surface area contributed by atoms with Gasteiger partial charge in [0, 0.05) is 26.2 Å². The minimum Gasteiger partial charge on any atom is -0.379 e. The van der Waals surface area contributed by atoms with Gasteiger partial charge in [0.15, 0.2) is 5.96 Å². The van der Waals surface area contributed by atoms with E-state index in [1.54, 1.807) is 0 Å². The van der Waals surface area contributed by atoms with Crippen LogP contribution in [0, 0.1) is 5.92 Å². The monoisotopic (exact) mass is 326 g/mol. The van der Waals surface area contributed by atoms with Gasteiger partial charge >= 0.3 is 0 Å².